The van der Waals surface area contributed by atoms with Gasteiger partial charge in [0.1, 0.15) is 5.69 Å². The quantitative estimate of drug-likeness (QED) is 0.749. The first-order valence-electron chi connectivity index (χ1n) is 5.15. The molecule has 0 fully saturated rings. The van der Waals surface area contributed by atoms with E-state index in [1.807, 2.05) is 0 Å². The van der Waals surface area contributed by atoms with Crippen molar-refractivity contribution in [3.8, 4) is 0 Å². The zero-order valence-corrected chi connectivity index (χ0v) is 10.3. The first-order valence-corrected chi connectivity index (χ1v) is 5.15. The minimum absolute atomic E-state index is 0.226. The second kappa shape index (κ2) is 4.77. The molecular formula is C12H15F2NO2. The molecule has 1 aromatic heterocycles. The van der Waals surface area contributed by atoms with Crippen LogP contribution in [-0.4, -0.2) is 18.1 Å². The van der Waals surface area contributed by atoms with Gasteiger partial charge in [0.2, 0.25) is 0 Å². The Hall–Kier alpha value is -1.52. The minimum atomic E-state index is -2.65. The number of carbonyl (C=O) groups is 1. The van der Waals surface area contributed by atoms with Crippen molar-refractivity contribution in [2.75, 3.05) is 7.11 Å². The summed E-state index contributed by atoms with van der Waals surface area (Å²) in [6.07, 6.45) is -2.65. The van der Waals surface area contributed by atoms with Crippen molar-refractivity contribution in [3.63, 3.8) is 0 Å². The Kier molecular flexibility index (Phi) is 3.80. The zero-order valence-electron chi connectivity index (χ0n) is 10.3. The number of halogens is 2. The van der Waals surface area contributed by atoms with E-state index in [0.717, 1.165) is 6.07 Å². The highest BCUT2D eigenvalue weighted by Crippen LogP contribution is 2.27. The van der Waals surface area contributed by atoms with Crippen molar-refractivity contribution in [2.24, 2.45) is 0 Å². The Morgan fingerprint density at radius 2 is 1.94 bits per heavy atom. The summed E-state index contributed by atoms with van der Waals surface area (Å²) in [6.45, 7) is 5.41. The van der Waals surface area contributed by atoms with E-state index in [9.17, 15) is 13.6 Å². The predicted octanol–water partition coefficient (Wildman–Crippen LogP) is 3.10. The summed E-state index contributed by atoms with van der Waals surface area (Å²) in [5.74, 6) is -0.566. The monoisotopic (exact) mass is 243 g/mol. The van der Waals surface area contributed by atoms with Gasteiger partial charge in [0.25, 0.3) is 6.43 Å². The molecule has 0 unspecified atom stereocenters. The van der Waals surface area contributed by atoms with E-state index in [1.165, 1.54) is 13.2 Å². The van der Waals surface area contributed by atoms with E-state index in [1.54, 1.807) is 20.8 Å². The third kappa shape index (κ3) is 2.99. The van der Waals surface area contributed by atoms with Crippen LogP contribution in [0, 0.1) is 0 Å². The molecule has 3 nitrogen and oxygen atoms in total. The molecule has 0 saturated carbocycles. The van der Waals surface area contributed by atoms with Crippen LogP contribution in [-0.2, 0) is 10.2 Å². The number of hydrogen-bond donors (Lipinski definition) is 0. The molecule has 94 valence electrons. The highest BCUT2D eigenvalue weighted by atomic mass is 19.3. The fourth-order valence-corrected chi connectivity index (χ4v) is 1.44. The van der Waals surface area contributed by atoms with Gasteiger partial charge in [-0.15, -0.1) is 0 Å². The van der Waals surface area contributed by atoms with Gasteiger partial charge in [0.15, 0.2) is 0 Å². The molecule has 5 heteroatoms. The minimum Gasteiger partial charge on any atom is -0.465 e. The third-order valence-electron chi connectivity index (χ3n) is 2.26. The molecule has 0 aliphatic carbocycles. The smallest absolute Gasteiger partial charge is 0.339 e. The number of hydrogen-bond acceptors (Lipinski definition) is 3. The van der Waals surface area contributed by atoms with Gasteiger partial charge in [-0.3, -0.25) is 4.98 Å². The van der Waals surface area contributed by atoms with E-state index in [4.69, 9.17) is 0 Å². The lowest BCUT2D eigenvalue weighted by Gasteiger charge is -2.21. The second-order valence-corrected chi connectivity index (χ2v) is 4.67. The Bertz CT molecular complexity index is 425. The molecule has 0 aliphatic rings. The van der Waals surface area contributed by atoms with Gasteiger partial charge < -0.3 is 4.74 Å². The number of alkyl halides is 2. The Morgan fingerprint density at radius 1 is 1.35 bits per heavy atom. The third-order valence-corrected chi connectivity index (χ3v) is 2.26. The Morgan fingerprint density at radius 3 is 2.35 bits per heavy atom. The number of carbonyl (C=O) groups excluding carboxylic acids is 1. The SMILES string of the molecule is COC(=O)c1ccc(C(F)F)nc1C(C)(C)C. The molecule has 0 aliphatic heterocycles. The van der Waals surface area contributed by atoms with Crippen molar-refractivity contribution in [3.05, 3.63) is 29.1 Å². The maximum absolute atomic E-state index is 12.6. The maximum atomic E-state index is 12.6. The van der Waals surface area contributed by atoms with Crippen LogP contribution in [0.3, 0.4) is 0 Å². The van der Waals surface area contributed by atoms with Gasteiger partial charge in [-0.05, 0) is 12.1 Å². The lowest BCUT2D eigenvalue weighted by Crippen LogP contribution is -2.20. The Balaban J connectivity index is 3.37. The topological polar surface area (TPSA) is 39.2 Å². The fourth-order valence-electron chi connectivity index (χ4n) is 1.44. The van der Waals surface area contributed by atoms with Crippen LogP contribution in [0.25, 0.3) is 0 Å². The molecule has 0 atom stereocenters. The average Bonchev–Trinajstić information content (AvgIpc) is 2.26. The molecule has 0 saturated heterocycles. The number of rotatable bonds is 2. The van der Waals surface area contributed by atoms with Crippen molar-refractivity contribution < 1.29 is 18.3 Å². The van der Waals surface area contributed by atoms with Crippen LogP contribution in [0.15, 0.2) is 12.1 Å². The average molecular weight is 243 g/mol. The predicted molar refractivity (Wildman–Crippen MR) is 59.2 cm³/mol. The van der Waals surface area contributed by atoms with Crippen molar-refractivity contribution in [1.82, 2.24) is 4.98 Å². The van der Waals surface area contributed by atoms with Crippen molar-refractivity contribution in [1.29, 1.82) is 0 Å². The molecule has 0 aromatic carbocycles. The second-order valence-electron chi connectivity index (χ2n) is 4.67. The largest absolute Gasteiger partial charge is 0.465 e. The lowest BCUT2D eigenvalue weighted by atomic mass is 9.88. The molecule has 0 bridgehead atoms. The first-order chi connectivity index (χ1) is 7.77. The number of pyridine rings is 1. The fraction of sp³-hybridized carbons (Fsp3) is 0.500. The van der Waals surface area contributed by atoms with Gasteiger partial charge >= 0.3 is 5.97 Å². The van der Waals surface area contributed by atoms with Crippen molar-refractivity contribution in [2.45, 2.75) is 32.6 Å². The lowest BCUT2D eigenvalue weighted by molar-refractivity contribution is 0.0596. The Labute approximate surface area is 98.8 Å². The zero-order chi connectivity index (χ0) is 13.2. The number of methoxy groups -OCH3 is 1. The summed E-state index contributed by atoms with van der Waals surface area (Å²) in [7, 11) is 1.25. The molecule has 1 aromatic rings. The molecule has 0 radical (unpaired) electrons. The molecule has 17 heavy (non-hydrogen) atoms. The van der Waals surface area contributed by atoms with E-state index in [0.29, 0.717) is 5.69 Å². The summed E-state index contributed by atoms with van der Waals surface area (Å²) >= 11 is 0. The summed E-state index contributed by atoms with van der Waals surface area (Å²) in [4.78, 5) is 15.4. The van der Waals surface area contributed by atoms with E-state index in [2.05, 4.69) is 9.72 Å². The number of nitrogens with zero attached hydrogens (tertiary/aromatic N) is 1. The van der Waals surface area contributed by atoms with Crippen LogP contribution < -0.4 is 0 Å². The summed E-state index contributed by atoms with van der Waals surface area (Å²) in [6, 6.07) is 2.48. The summed E-state index contributed by atoms with van der Waals surface area (Å²) in [5, 5.41) is 0. The van der Waals surface area contributed by atoms with Gasteiger partial charge in [0, 0.05) is 5.41 Å². The van der Waals surface area contributed by atoms with E-state index in [-0.39, 0.29) is 11.3 Å². The highest BCUT2D eigenvalue weighted by Gasteiger charge is 2.25. The normalized spacial score (nSPS) is 11.7. The molecular weight excluding hydrogens is 228 g/mol. The molecule has 1 heterocycles. The van der Waals surface area contributed by atoms with Crippen LogP contribution >= 0.6 is 0 Å². The van der Waals surface area contributed by atoms with Gasteiger partial charge in [-0.1, -0.05) is 20.8 Å². The van der Waals surface area contributed by atoms with Gasteiger partial charge in [0.05, 0.1) is 18.4 Å². The van der Waals surface area contributed by atoms with Gasteiger partial charge in [-0.25, -0.2) is 13.6 Å². The van der Waals surface area contributed by atoms with Crippen molar-refractivity contribution >= 4 is 5.97 Å². The summed E-state index contributed by atoms with van der Waals surface area (Å²) < 4.78 is 29.7. The van der Waals surface area contributed by atoms with Crippen LogP contribution in [0.4, 0.5) is 8.78 Å². The standard InChI is InChI=1S/C12H15F2NO2/c1-12(2,3)9-7(11(16)17-4)5-6-8(15-9)10(13)14/h5-6,10H,1-4H3. The van der Waals surface area contributed by atoms with Crippen LogP contribution in [0.5, 0.6) is 0 Å². The maximum Gasteiger partial charge on any atom is 0.339 e. The highest BCUT2D eigenvalue weighted by molar-refractivity contribution is 5.90. The molecule has 0 N–H and O–H groups in total. The van der Waals surface area contributed by atoms with E-state index < -0.39 is 17.8 Å². The molecule has 0 amide bonds. The number of aromatic nitrogens is 1. The molecule has 1 rings (SSSR count). The van der Waals surface area contributed by atoms with Crippen LogP contribution in [0.2, 0.25) is 0 Å². The van der Waals surface area contributed by atoms with Crippen LogP contribution in [0.1, 0.15) is 48.9 Å². The van der Waals surface area contributed by atoms with Gasteiger partial charge in [-0.2, -0.15) is 0 Å². The first kappa shape index (κ1) is 13.5. The number of esters is 1. The van der Waals surface area contributed by atoms with E-state index >= 15 is 0 Å². The molecule has 0 spiro atoms. The summed E-state index contributed by atoms with van der Waals surface area (Å²) in [5.41, 5.74) is -0.289. The number of ether oxygens (including phenoxy) is 1.